The summed E-state index contributed by atoms with van der Waals surface area (Å²) in [5, 5.41) is 16.2. The standard InChI is InChI=1S/C11H15N3O3/c1-8-3-4-10(14(16)17)9(7-8)13-6-5-11(15)12-2/h3-4,7,13H,5-6H2,1-2H3,(H,12,15). The van der Waals surface area contributed by atoms with E-state index in [0.717, 1.165) is 5.56 Å². The number of anilines is 1. The Bertz CT molecular complexity index is 432. The quantitative estimate of drug-likeness (QED) is 0.599. The number of benzene rings is 1. The summed E-state index contributed by atoms with van der Waals surface area (Å²) in [6, 6.07) is 4.83. The first-order valence-electron chi connectivity index (χ1n) is 5.24. The Balaban J connectivity index is 2.72. The minimum Gasteiger partial charge on any atom is -0.379 e. The van der Waals surface area contributed by atoms with Gasteiger partial charge in [-0.1, -0.05) is 6.07 Å². The number of nitrogens with zero attached hydrogens (tertiary/aromatic N) is 1. The van der Waals surface area contributed by atoms with Crippen LogP contribution < -0.4 is 10.6 Å². The first-order valence-corrected chi connectivity index (χ1v) is 5.24. The molecular weight excluding hydrogens is 222 g/mol. The maximum absolute atomic E-state index is 11.0. The van der Waals surface area contributed by atoms with Gasteiger partial charge < -0.3 is 10.6 Å². The van der Waals surface area contributed by atoms with Crippen molar-refractivity contribution in [3.8, 4) is 0 Å². The highest BCUT2D eigenvalue weighted by atomic mass is 16.6. The van der Waals surface area contributed by atoms with Crippen molar-refractivity contribution in [2.45, 2.75) is 13.3 Å². The van der Waals surface area contributed by atoms with Gasteiger partial charge in [0.05, 0.1) is 4.92 Å². The first-order chi connectivity index (χ1) is 8.04. The van der Waals surface area contributed by atoms with Crippen LogP contribution in [0.15, 0.2) is 18.2 Å². The van der Waals surface area contributed by atoms with E-state index in [-0.39, 0.29) is 18.0 Å². The van der Waals surface area contributed by atoms with Gasteiger partial charge >= 0.3 is 0 Å². The van der Waals surface area contributed by atoms with E-state index < -0.39 is 4.92 Å². The Morgan fingerprint density at radius 3 is 2.76 bits per heavy atom. The van der Waals surface area contributed by atoms with Crippen molar-refractivity contribution in [2.75, 3.05) is 18.9 Å². The molecule has 0 bridgehead atoms. The molecule has 1 rings (SSSR count). The molecule has 0 saturated heterocycles. The van der Waals surface area contributed by atoms with E-state index in [0.29, 0.717) is 12.2 Å². The molecule has 6 nitrogen and oxygen atoms in total. The van der Waals surface area contributed by atoms with Crippen molar-refractivity contribution in [3.63, 3.8) is 0 Å². The maximum Gasteiger partial charge on any atom is 0.292 e. The van der Waals surface area contributed by atoms with E-state index >= 15 is 0 Å². The summed E-state index contributed by atoms with van der Waals surface area (Å²) in [5.74, 6) is -0.104. The molecule has 17 heavy (non-hydrogen) atoms. The van der Waals surface area contributed by atoms with Crippen molar-refractivity contribution < 1.29 is 9.72 Å². The Morgan fingerprint density at radius 1 is 1.47 bits per heavy atom. The van der Waals surface area contributed by atoms with Gasteiger partial charge in [0.15, 0.2) is 0 Å². The van der Waals surface area contributed by atoms with Crippen molar-refractivity contribution in [1.82, 2.24) is 5.32 Å². The summed E-state index contributed by atoms with van der Waals surface area (Å²) < 4.78 is 0. The number of nitrogens with one attached hydrogen (secondary N) is 2. The van der Waals surface area contributed by atoms with E-state index in [2.05, 4.69) is 10.6 Å². The van der Waals surface area contributed by atoms with Gasteiger partial charge in [-0.3, -0.25) is 14.9 Å². The van der Waals surface area contributed by atoms with Gasteiger partial charge in [-0.25, -0.2) is 0 Å². The zero-order chi connectivity index (χ0) is 12.8. The summed E-state index contributed by atoms with van der Waals surface area (Å²) >= 11 is 0. The van der Waals surface area contributed by atoms with Crippen LogP contribution in [-0.2, 0) is 4.79 Å². The van der Waals surface area contributed by atoms with Crippen LogP contribution in [0.25, 0.3) is 0 Å². The molecule has 6 heteroatoms. The molecule has 0 aliphatic carbocycles. The third-order valence-electron chi connectivity index (χ3n) is 2.30. The predicted octanol–water partition coefficient (Wildman–Crippen LogP) is 1.45. The van der Waals surface area contributed by atoms with E-state index in [1.807, 2.05) is 6.92 Å². The number of rotatable bonds is 5. The second-order valence-electron chi connectivity index (χ2n) is 3.63. The molecule has 0 unspecified atom stereocenters. The number of aryl methyl sites for hydroxylation is 1. The fraction of sp³-hybridized carbons (Fsp3) is 0.364. The maximum atomic E-state index is 11.0. The molecule has 1 amide bonds. The van der Waals surface area contributed by atoms with Gasteiger partial charge in [-0.15, -0.1) is 0 Å². The van der Waals surface area contributed by atoms with Crippen molar-refractivity contribution in [3.05, 3.63) is 33.9 Å². The number of hydrogen-bond acceptors (Lipinski definition) is 4. The highest BCUT2D eigenvalue weighted by Gasteiger charge is 2.12. The molecule has 1 aromatic carbocycles. The van der Waals surface area contributed by atoms with Crippen LogP contribution in [-0.4, -0.2) is 24.4 Å². The van der Waals surface area contributed by atoms with Crippen molar-refractivity contribution in [2.24, 2.45) is 0 Å². The number of carbonyl (C=O) groups excluding carboxylic acids is 1. The summed E-state index contributed by atoms with van der Waals surface area (Å²) in [6.45, 7) is 2.22. The molecule has 1 aromatic rings. The fourth-order valence-corrected chi connectivity index (χ4v) is 1.39. The van der Waals surface area contributed by atoms with Gasteiger partial charge in [0, 0.05) is 26.1 Å². The number of nitro groups is 1. The Hall–Kier alpha value is -2.11. The van der Waals surface area contributed by atoms with Crippen LogP contribution in [0.4, 0.5) is 11.4 Å². The zero-order valence-corrected chi connectivity index (χ0v) is 9.82. The third-order valence-corrected chi connectivity index (χ3v) is 2.30. The highest BCUT2D eigenvalue weighted by Crippen LogP contribution is 2.24. The Kier molecular flexibility index (Phi) is 4.45. The van der Waals surface area contributed by atoms with Crippen LogP contribution in [0.5, 0.6) is 0 Å². The topological polar surface area (TPSA) is 84.3 Å². The highest BCUT2D eigenvalue weighted by molar-refractivity contribution is 5.76. The lowest BCUT2D eigenvalue weighted by Crippen LogP contribution is -2.21. The normalized spacial score (nSPS) is 9.76. The summed E-state index contributed by atoms with van der Waals surface area (Å²) in [6.07, 6.45) is 0.279. The number of nitro benzene ring substituents is 1. The van der Waals surface area contributed by atoms with Crippen LogP contribution in [0, 0.1) is 17.0 Å². The molecule has 0 radical (unpaired) electrons. The molecule has 0 atom stereocenters. The van der Waals surface area contributed by atoms with Crippen LogP contribution in [0.3, 0.4) is 0 Å². The Labute approximate surface area is 99.2 Å². The molecule has 0 saturated carbocycles. The third kappa shape index (κ3) is 3.75. The largest absolute Gasteiger partial charge is 0.379 e. The Morgan fingerprint density at radius 2 is 2.18 bits per heavy atom. The SMILES string of the molecule is CNC(=O)CCNc1cc(C)ccc1[N+](=O)[O-]. The fourth-order valence-electron chi connectivity index (χ4n) is 1.39. The lowest BCUT2D eigenvalue weighted by atomic mass is 10.2. The van der Waals surface area contributed by atoms with E-state index in [9.17, 15) is 14.9 Å². The lowest BCUT2D eigenvalue weighted by molar-refractivity contribution is -0.384. The van der Waals surface area contributed by atoms with E-state index in [1.165, 1.54) is 6.07 Å². The predicted molar refractivity (Wildman–Crippen MR) is 65.0 cm³/mol. The van der Waals surface area contributed by atoms with Gasteiger partial charge in [0.1, 0.15) is 5.69 Å². The van der Waals surface area contributed by atoms with Crippen molar-refractivity contribution in [1.29, 1.82) is 0 Å². The van der Waals surface area contributed by atoms with Gasteiger partial charge in [0.2, 0.25) is 5.91 Å². The zero-order valence-electron chi connectivity index (χ0n) is 9.82. The second kappa shape index (κ2) is 5.83. The molecular formula is C11H15N3O3. The summed E-state index contributed by atoms with van der Waals surface area (Å²) in [5.41, 5.74) is 1.39. The molecule has 92 valence electrons. The summed E-state index contributed by atoms with van der Waals surface area (Å²) in [4.78, 5) is 21.3. The number of carbonyl (C=O) groups is 1. The molecule has 0 fully saturated rings. The lowest BCUT2D eigenvalue weighted by Gasteiger charge is -2.07. The van der Waals surface area contributed by atoms with E-state index in [1.54, 1.807) is 19.2 Å². The van der Waals surface area contributed by atoms with Crippen LogP contribution in [0.1, 0.15) is 12.0 Å². The first kappa shape index (κ1) is 13.0. The van der Waals surface area contributed by atoms with Crippen LogP contribution >= 0.6 is 0 Å². The smallest absolute Gasteiger partial charge is 0.292 e. The monoisotopic (exact) mass is 237 g/mol. The molecule has 0 aliphatic rings. The summed E-state index contributed by atoms with van der Waals surface area (Å²) in [7, 11) is 1.55. The average Bonchev–Trinajstić information content (AvgIpc) is 2.28. The van der Waals surface area contributed by atoms with Gasteiger partial charge in [0.25, 0.3) is 5.69 Å². The molecule has 0 spiro atoms. The average molecular weight is 237 g/mol. The van der Waals surface area contributed by atoms with E-state index in [4.69, 9.17) is 0 Å². The number of amides is 1. The minimum absolute atomic E-state index is 0.0208. The van der Waals surface area contributed by atoms with Crippen molar-refractivity contribution >= 4 is 17.3 Å². The van der Waals surface area contributed by atoms with Crippen LogP contribution in [0.2, 0.25) is 0 Å². The molecule has 2 N–H and O–H groups in total. The minimum atomic E-state index is -0.443. The molecule has 0 heterocycles. The number of hydrogen-bond donors (Lipinski definition) is 2. The van der Waals surface area contributed by atoms with Gasteiger partial charge in [-0.05, 0) is 18.6 Å². The molecule has 0 aromatic heterocycles. The second-order valence-corrected chi connectivity index (χ2v) is 3.63. The molecule has 0 aliphatic heterocycles. The van der Waals surface area contributed by atoms with Gasteiger partial charge in [-0.2, -0.15) is 0 Å².